The van der Waals surface area contributed by atoms with Crippen LogP contribution in [0.25, 0.3) is 33.4 Å². The van der Waals surface area contributed by atoms with E-state index in [9.17, 15) is 9.59 Å². The fourth-order valence-corrected chi connectivity index (χ4v) is 8.86. The third-order valence-corrected chi connectivity index (χ3v) is 12.1. The van der Waals surface area contributed by atoms with Crippen LogP contribution < -0.4 is 25.7 Å². The molecule has 0 amide bonds. The number of benzene rings is 4. The van der Waals surface area contributed by atoms with Crippen LogP contribution in [0.1, 0.15) is 68.1 Å². The van der Waals surface area contributed by atoms with E-state index in [0.29, 0.717) is 51.0 Å². The summed E-state index contributed by atoms with van der Waals surface area (Å²) < 4.78 is 13.1. The smallest absolute Gasteiger partial charge is 0.282 e. The Morgan fingerprint density at radius 2 is 1.11 bits per heavy atom. The molecular weight excluding hydrogens is 825 g/mol. The summed E-state index contributed by atoms with van der Waals surface area (Å²) in [4.78, 5) is 39.0. The number of rotatable bonds is 7. The van der Waals surface area contributed by atoms with E-state index in [2.05, 4.69) is 25.8 Å². The molecule has 8 aromatic rings. The zero-order chi connectivity index (χ0) is 42.7. The van der Waals surface area contributed by atoms with E-state index in [0.717, 1.165) is 91.7 Å². The van der Waals surface area contributed by atoms with Crippen molar-refractivity contribution in [3.8, 4) is 11.8 Å². The van der Waals surface area contributed by atoms with Crippen molar-refractivity contribution < 1.29 is 4.74 Å². The third kappa shape index (κ3) is 8.18. The molecule has 14 nitrogen and oxygen atoms in total. The summed E-state index contributed by atoms with van der Waals surface area (Å²) in [6.45, 7) is 4.61. The van der Waals surface area contributed by atoms with Crippen LogP contribution in [0, 0.1) is 11.3 Å². The van der Waals surface area contributed by atoms with E-state index in [1.165, 1.54) is 25.7 Å². The van der Waals surface area contributed by atoms with Crippen LogP contribution in [0.2, 0.25) is 10.0 Å². The van der Waals surface area contributed by atoms with Crippen molar-refractivity contribution in [1.82, 2.24) is 38.3 Å². The lowest BCUT2D eigenvalue weighted by Crippen LogP contribution is -2.26. The maximum Gasteiger partial charge on any atom is 0.282 e. The largest absolute Gasteiger partial charge is 0.496 e. The van der Waals surface area contributed by atoms with Gasteiger partial charge in [-0.2, -0.15) is 15.2 Å². The average Bonchev–Trinajstić information content (AvgIpc) is 3.52. The van der Waals surface area contributed by atoms with Gasteiger partial charge in [-0.05, 0) is 85.8 Å². The molecule has 2 fully saturated rings. The van der Waals surface area contributed by atoms with Crippen LogP contribution in [0.5, 0.6) is 5.75 Å². The lowest BCUT2D eigenvalue weighted by molar-refractivity contribution is 0.407. The summed E-state index contributed by atoms with van der Waals surface area (Å²) in [5.74, 6) is 3.41. The molecular formula is C46H45Cl2N11O3. The van der Waals surface area contributed by atoms with Gasteiger partial charge in [0.25, 0.3) is 11.1 Å². The van der Waals surface area contributed by atoms with Gasteiger partial charge in [-0.3, -0.25) is 9.59 Å². The van der Waals surface area contributed by atoms with Crippen LogP contribution in [-0.4, -0.2) is 71.6 Å². The van der Waals surface area contributed by atoms with Crippen molar-refractivity contribution in [2.75, 3.05) is 43.1 Å². The quantitative estimate of drug-likeness (QED) is 0.154. The molecule has 0 radical (unpaired) electrons. The summed E-state index contributed by atoms with van der Waals surface area (Å²) in [6.07, 6.45) is 9.34. The second-order valence-corrected chi connectivity index (χ2v) is 16.6. The number of fused-ring (bicyclic) bond motifs is 6. The van der Waals surface area contributed by atoms with Gasteiger partial charge in [-0.15, -0.1) is 10.2 Å². The first-order chi connectivity index (χ1) is 30.3. The molecule has 0 aliphatic carbocycles. The minimum absolute atomic E-state index is 0.305. The molecule has 62 heavy (non-hydrogen) atoms. The molecule has 0 atom stereocenters. The van der Waals surface area contributed by atoms with Gasteiger partial charge in [-0.25, -0.2) is 18.2 Å². The molecule has 316 valence electrons. The van der Waals surface area contributed by atoms with Crippen molar-refractivity contribution >= 4 is 68.5 Å². The van der Waals surface area contributed by atoms with E-state index >= 15 is 0 Å². The molecule has 0 saturated carbocycles. The van der Waals surface area contributed by atoms with Gasteiger partial charge in [0, 0.05) is 41.8 Å². The number of ether oxygens (including phenoxy) is 1. The molecule has 0 N–H and O–H groups in total. The minimum Gasteiger partial charge on any atom is -0.496 e. The van der Waals surface area contributed by atoms with Gasteiger partial charge < -0.3 is 14.5 Å². The lowest BCUT2D eigenvalue weighted by Gasteiger charge is -2.20. The van der Waals surface area contributed by atoms with Crippen molar-refractivity contribution in [3.63, 3.8) is 0 Å². The van der Waals surface area contributed by atoms with Crippen LogP contribution in [-0.2, 0) is 13.1 Å². The zero-order valence-corrected chi connectivity index (χ0v) is 35.9. The number of methoxy groups -OCH3 is 1. The number of anilines is 2. The number of halogens is 2. The van der Waals surface area contributed by atoms with E-state index in [-0.39, 0.29) is 11.1 Å². The van der Waals surface area contributed by atoms with Crippen molar-refractivity contribution in [3.05, 3.63) is 132 Å². The molecule has 10 rings (SSSR count). The maximum atomic E-state index is 12.9. The minimum atomic E-state index is -0.319. The normalized spacial score (nSPS) is 14.7. The highest BCUT2D eigenvalue weighted by Gasteiger charge is 2.24. The second kappa shape index (κ2) is 17.9. The van der Waals surface area contributed by atoms with Crippen LogP contribution in [0.4, 0.5) is 11.9 Å². The highest BCUT2D eigenvalue weighted by atomic mass is 35.5. The van der Waals surface area contributed by atoms with Gasteiger partial charge in [0.05, 0.1) is 53.6 Å². The van der Waals surface area contributed by atoms with Crippen molar-refractivity contribution in [1.29, 1.82) is 5.26 Å². The number of nitrogens with zero attached hydrogens (tertiary/aromatic N) is 11. The number of hydrogen-bond donors (Lipinski definition) is 0. The highest BCUT2D eigenvalue weighted by molar-refractivity contribution is 6.31. The predicted molar refractivity (Wildman–Crippen MR) is 243 cm³/mol. The predicted octanol–water partition coefficient (Wildman–Crippen LogP) is 8.13. The van der Waals surface area contributed by atoms with E-state index in [1.54, 1.807) is 52.9 Å². The second-order valence-electron chi connectivity index (χ2n) is 15.8. The number of nitriles is 1. The Kier molecular flexibility index (Phi) is 11.8. The summed E-state index contributed by atoms with van der Waals surface area (Å²) in [6, 6.07) is 28.0. The number of aromatic nitrogens is 8. The van der Waals surface area contributed by atoms with Gasteiger partial charge in [0.15, 0.2) is 0 Å². The molecule has 4 aromatic heterocycles. The molecule has 2 saturated heterocycles. The molecule has 16 heteroatoms. The Bertz CT molecular complexity index is 3080. The molecule has 2 aliphatic heterocycles. The molecule has 4 aromatic carbocycles. The fourth-order valence-electron chi connectivity index (χ4n) is 8.52. The zero-order valence-electron chi connectivity index (χ0n) is 34.4. The lowest BCUT2D eigenvalue weighted by atomic mass is 10.1. The Hall–Kier alpha value is -6.43. The Labute approximate surface area is 367 Å². The Morgan fingerprint density at radius 1 is 0.629 bits per heavy atom. The standard InChI is InChI=1S/C23H21ClN6O.C23H24ClN5O2/c24-18-9-10-20-19(13-18)21(31)26-22-29(15-17-7-5-16(14-25)6-8-17)27-23(30(20)22)28-11-3-1-2-4-12-28;1-31-20-9-5-4-8-16(20)15-28-22-25-21(30)18-14-17(24)10-11-19(18)29(22)23(26-28)27-12-6-2-3-7-13-27/h5-10,13H,1-4,11-12,15H2;4-5,8-11,14H,2-3,6-7,12-13,15H2,1H3. The topological polar surface area (TPSA) is 144 Å². The molecule has 0 bridgehead atoms. The number of para-hydroxylation sites is 1. The maximum absolute atomic E-state index is 12.9. The Balaban J connectivity index is 0.000000158. The van der Waals surface area contributed by atoms with E-state index in [1.807, 2.05) is 57.3 Å². The summed E-state index contributed by atoms with van der Waals surface area (Å²) >= 11 is 12.3. The van der Waals surface area contributed by atoms with E-state index < -0.39 is 0 Å². The molecule has 2 aliphatic rings. The van der Waals surface area contributed by atoms with Crippen molar-refractivity contribution in [2.45, 2.75) is 64.5 Å². The Morgan fingerprint density at radius 3 is 1.60 bits per heavy atom. The van der Waals surface area contributed by atoms with Gasteiger partial charge in [0.2, 0.25) is 23.5 Å². The van der Waals surface area contributed by atoms with E-state index in [4.69, 9.17) is 43.4 Å². The monoisotopic (exact) mass is 869 g/mol. The fraction of sp³-hybridized carbons (Fsp3) is 0.326. The third-order valence-electron chi connectivity index (χ3n) is 11.7. The first-order valence-corrected chi connectivity index (χ1v) is 21.8. The first-order valence-electron chi connectivity index (χ1n) is 21.1. The molecule has 0 spiro atoms. The van der Waals surface area contributed by atoms with Gasteiger partial charge in [0.1, 0.15) is 5.75 Å². The summed E-state index contributed by atoms with van der Waals surface area (Å²) in [7, 11) is 1.66. The van der Waals surface area contributed by atoms with Crippen LogP contribution in [0.3, 0.4) is 0 Å². The average molecular weight is 871 g/mol. The summed E-state index contributed by atoms with van der Waals surface area (Å²) in [5, 5.41) is 20.9. The summed E-state index contributed by atoms with van der Waals surface area (Å²) in [5.41, 5.74) is 3.47. The first kappa shape index (κ1) is 40.9. The highest BCUT2D eigenvalue weighted by Crippen LogP contribution is 2.28. The van der Waals surface area contributed by atoms with Gasteiger partial charge >= 0.3 is 0 Å². The number of hydrogen-bond acceptors (Lipinski definition) is 10. The molecule has 0 unspecified atom stereocenters. The molecule has 6 heterocycles. The SMILES string of the molecule is COc1ccccc1Cn1nc(N2CCCCCC2)n2c3ccc(Cl)cc3c(=O)nc12.N#Cc1ccc(Cn2nc(N3CCCCCC3)n3c4ccc(Cl)cc4c(=O)nc23)cc1. The van der Waals surface area contributed by atoms with Crippen LogP contribution in [0.15, 0.2) is 94.5 Å². The van der Waals surface area contributed by atoms with Crippen LogP contribution >= 0.6 is 23.2 Å². The van der Waals surface area contributed by atoms with Gasteiger partial charge in [-0.1, -0.05) is 79.2 Å². The van der Waals surface area contributed by atoms with Crippen molar-refractivity contribution in [2.24, 2.45) is 0 Å².